The molecule has 1 atom stereocenters. The molecule has 0 aliphatic carbocycles. The molecule has 0 bridgehead atoms. The van der Waals surface area contributed by atoms with Gasteiger partial charge in [0.1, 0.15) is 24.2 Å². The summed E-state index contributed by atoms with van der Waals surface area (Å²) in [6.45, 7) is 4.30. The van der Waals surface area contributed by atoms with E-state index < -0.39 is 11.6 Å². The monoisotopic (exact) mass is 669 g/mol. The number of hydrogen-bond donors (Lipinski definition) is 5. The third-order valence-electron chi connectivity index (χ3n) is 7.07. The minimum Gasteiger partial charge on any atom is -0.489 e. The van der Waals surface area contributed by atoms with Crippen LogP contribution in [-0.4, -0.2) is 65.6 Å². The zero-order valence-electron chi connectivity index (χ0n) is 23.8. The number of halogens is 2. The molecule has 226 valence electrons. The van der Waals surface area contributed by atoms with Crippen molar-refractivity contribution in [3.63, 3.8) is 0 Å². The Balaban J connectivity index is 1.07. The van der Waals surface area contributed by atoms with Gasteiger partial charge in [0.05, 0.1) is 26.1 Å². The highest BCUT2D eigenvalue weighted by Crippen LogP contribution is 2.38. The lowest BCUT2D eigenvalue weighted by Gasteiger charge is -2.28. The van der Waals surface area contributed by atoms with E-state index in [1.54, 1.807) is 18.2 Å². The number of carbonyl (C=O) groups is 2. The molecular weight excluding hydrogens is 638 g/mol. The van der Waals surface area contributed by atoms with Crippen molar-refractivity contribution in [1.29, 1.82) is 0 Å². The Morgan fingerprint density at radius 2 is 1.95 bits per heavy atom. The summed E-state index contributed by atoms with van der Waals surface area (Å²) < 4.78 is 12.5. The van der Waals surface area contributed by atoms with E-state index >= 15 is 0 Å². The van der Waals surface area contributed by atoms with Crippen LogP contribution in [0.25, 0.3) is 21.8 Å². The first-order valence-electron chi connectivity index (χ1n) is 13.9. The molecule has 0 saturated carbocycles. The third kappa shape index (κ3) is 7.66. The van der Waals surface area contributed by atoms with Crippen molar-refractivity contribution in [3.8, 4) is 11.5 Å². The smallest absolute Gasteiger partial charge is 0.258 e. The number of aromatic amines is 1. The molecule has 0 radical (unpaired) electrons. The molecule has 5 N–H and O–H groups in total. The maximum Gasteiger partial charge on any atom is 0.258 e. The van der Waals surface area contributed by atoms with E-state index in [1.165, 1.54) is 0 Å². The third-order valence-corrected chi connectivity index (χ3v) is 7.99. The molecular formula is C31H33BrClN5O5. The lowest BCUT2D eigenvalue weighted by molar-refractivity contribution is -0.123. The number of fused-ring (bicyclic) bond motifs is 3. The van der Waals surface area contributed by atoms with E-state index in [1.807, 2.05) is 50.2 Å². The van der Waals surface area contributed by atoms with Crippen LogP contribution in [0.4, 0.5) is 0 Å². The van der Waals surface area contributed by atoms with E-state index in [-0.39, 0.29) is 31.6 Å². The Morgan fingerprint density at radius 3 is 2.72 bits per heavy atom. The van der Waals surface area contributed by atoms with Gasteiger partial charge in [0.15, 0.2) is 6.61 Å². The molecule has 0 spiro atoms. The fourth-order valence-corrected chi connectivity index (χ4v) is 5.39. The second-order valence-corrected chi connectivity index (χ2v) is 12.3. The average molecular weight is 671 g/mol. The van der Waals surface area contributed by atoms with Crippen LogP contribution in [0.15, 0.2) is 64.2 Å². The van der Waals surface area contributed by atoms with Crippen LogP contribution in [0.1, 0.15) is 32.3 Å². The molecule has 0 saturated heterocycles. The summed E-state index contributed by atoms with van der Waals surface area (Å²) in [6.07, 6.45) is 0.109. The highest BCUT2D eigenvalue weighted by molar-refractivity contribution is 9.10. The molecule has 12 heteroatoms. The van der Waals surface area contributed by atoms with Gasteiger partial charge >= 0.3 is 0 Å². The molecule has 1 unspecified atom stereocenters. The number of H-pyrrole nitrogens is 1. The number of ether oxygens (including phenoxy) is 2. The predicted molar refractivity (Wildman–Crippen MR) is 171 cm³/mol. The second-order valence-electron chi connectivity index (χ2n) is 11.0. The van der Waals surface area contributed by atoms with E-state index in [9.17, 15) is 14.7 Å². The molecule has 5 rings (SSSR count). The van der Waals surface area contributed by atoms with Gasteiger partial charge in [-0.3, -0.25) is 9.59 Å². The Hall–Kier alpha value is -3.64. The topological polar surface area (TPSA) is 137 Å². The first kappa shape index (κ1) is 30.8. The van der Waals surface area contributed by atoms with Crippen LogP contribution >= 0.6 is 27.5 Å². The molecule has 1 aliphatic rings. The number of nitrogens with zero attached hydrogens (tertiary/aromatic N) is 1. The Kier molecular flexibility index (Phi) is 9.55. The normalized spacial score (nSPS) is 14.3. The average Bonchev–Trinajstić information content (AvgIpc) is 3.37. The summed E-state index contributed by atoms with van der Waals surface area (Å²) in [5.41, 5.74) is 5.44. The number of benzene rings is 3. The van der Waals surface area contributed by atoms with Gasteiger partial charge in [0.25, 0.3) is 5.91 Å². The molecule has 4 aromatic rings. The summed E-state index contributed by atoms with van der Waals surface area (Å²) >= 11 is 9.94. The van der Waals surface area contributed by atoms with Gasteiger partial charge in [0.2, 0.25) is 5.91 Å². The molecule has 1 aromatic heterocycles. The number of hydrogen-bond acceptors (Lipinski definition) is 7. The second kappa shape index (κ2) is 13.3. The van der Waals surface area contributed by atoms with Crippen molar-refractivity contribution < 1.29 is 24.2 Å². The quantitative estimate of drug-likeness (QED) is 0.149. The van der Waals surface area contributed by atoms with Gasteiger partial charge in [-0.05, 0) is 71.7 Å². The lowest BCUT2D eigenvalue weighted by Crippen LogP contribution is -2.52. The SMILES string of the molecule is CC(C)(CNC(=O)COc1ccc(C2=NNC(=O)CC2)cc1Cl)NCC(O)COc1c(Br)ccc2[nH]c3ccccc3c12. The standard InChI is InChI=1S/C31H33BrClN5O5/c1-31(2,17-34-28(41)16-42-26-11-7-18(13-22(26)33)23-10-12-27(40)38-37-23)35-14-19(39)15-43-30-21(32)8-9-25-29(30)20-5-3-4-6-24(20)36-25/h3-9,11,13,19,35-36,39H,10,12,14-17H2,1-2H3,(H,34,41)(H,38,40). The van der Waals surface area contributed by atoms with Gasteiger partial charge in [-0.15, -0.1) is 0 Å². The number of para-hydroxylation sites is 1. The number of aliphatic hydroxyl groups is 1. The largest absolute Gasteiger partial charge is 0.489 e. The van der Waals surface area contributed by atoms with Crippen LogP contribution in [0.3, 0.4) is 0 Å². The molecule has 1 aliphatic heterocycles. The van der Waals surface area contributed by atoms with E-state index in [0.29, 0.717) is 35.9 Å². The number of amides is 2. The molecule has 2 amide bonds. The van der Waals surface area contributed by atoms with Crippen LogP contribution in [0.5, 0.6) is 11.5 Å². The summed E-state index contributed by atoms with van der Waals surface area (Å²) in [5.74, 6) is 0.617. The van der Waals surface area contributed by atoms with Crippen LogP contribution < -0.4 is 25.5 Å². The van der Waals surface area contributed by atoms with Crippen molar-refractivity contribution in [1.82, 2.24) is 21.0 Å². The number of aromatic nitrogens is 1. The number of β-amino-alcohol motifs (C(OH)–C–C–N with tert-alkyl or cyclic N) is 1. The zero-order valence-corrected chi connectivity index (χ0v) is 26.1. The molecule has 43 heavy (non-hydrogen) atoms. The predicted octanol–water partition coefficient (Wildman–Crippen LogP) is 4.65. The molecule has 10 nitrogen and oxygen atoms in total. The first-order chi connectivity index (χ1) is 20.6. The lowest BCUT2D eigenvalue weighted by atomic mass is 10.0. The maximum absolute atomic E-state index is 12.5. The minimum atomic E-state index is -0.786. The summed E-state index contributed by atoms with van der Waals surface area (Å²) in [4.78, 5) is 27.2. The molecule has 0 fully saturated rings. The Labute approximate surface area is 262 Å². The van der Waals surface area contributed by atoms with E-state index in [2.05, 4.69) is 42.1 Å². The molecule has 2 heterocycles. The van der Waals surface area contributed by atoms with Gasteiger partial charge in [-0.25, -0.2) is 5.43 Å². The van der Waals surface area contributed by atoms with E-state index in [4.69, 9.17) is 21.1 Å². The van der Waals surface area contributed by atoms with Crippen molar-refractivity contribution in [2.24, 2.45) is 5.10 Å². The number of carbonyl (C=O) groups excluding carboxylic acids is 2. The number of rotatable bonds is 12. The van der Waals surface area contributed by atoms with Gasteiger partial charge in [-0.1, -0.05) is 29.8 Å². The number of hydrazone groups is 1. The van der Waals surface area contributed by atoms with Gasteiger partial charge in [-0.2, -0.15) is 5.10 Å². The van der Waals surface area contributed by atoms with Crippen LogP contribution in [0, 0.1) is 0 Å². The van der Waals surface area contributed by atoms with Crippen molar-refractivity contribution in [2.45, 2.75) is 38.3 Å². The fraction of sp³-hybridized carbons (Fsp3) is 0.323. The summed E-state index contributed by atoms with van der Waals surface area (Å²) in [7, 11) is 0. The first-order valence-corrected chi connectivity index (χ1v) is 15.1. The van der Waals surface area contributed by atoms with Gasteiger partial charge < -0.3 is 30.2 Å². The van der Waals surface area contributed by atoms with Crippen molar-refractivity contribution >= 4 is 66.9 Å². The minimum absolute atomic E-state index is 0.0853. The van der Waals surface area contributed by atoms with Gasteiger partial charge in [0, 0.05) is 42.4 Å². The highest BCUT2D eigenvalue weighted by Gasteiger charge is 2.21. The van der Waals surface area contributed by atoms with Crippen LogP contribution in [-0.2, 0) is 9.59 Å². The van der Waals surface area contributed by atoms with Crippen molar-refractivity contribution in [2.75, 3.05) is 26.3 Å². The molecule has 3 aromatic carbocycles. The Morgan fingerprint density at radius 1 is 1.14 bits per heavy atom. The highest BCUT2D eigenvalue weighted by atomic mass is 79.9. The van der Waals surface area contributed by atoms with E-state index in [0.717, 1.165) is 37.6 Å². The zero-order chi connectivity index (χ0) is 30.6. The van der Waals surface area contributed by atoms with Crippen molar-refractivity contribution in [3.05, 3.63) is 69.7 Å². The van der Waals surface area contributed by atoms with Crippen LogP contribution in [0.2, 0.25) is 5.02 Å². The number of nitrogens with one attached hydrogen (secondary N) is 4. The summed E-state index contributed by atoms with van der Waals surface area (Å²) in [6, 6.07) is 17.1. The number of aliphatic hydroxyl groups excluding tert-OH is 1. The summed E-state index contributed by atoms with van der Waals surface area (Å²) in [5, 5.41) is 23.2. The Bertz CT molecular complexity index is 1690. The fourth-order valence-electron chi connectivity index (χ4n) is 4.71. The maximum atomic E-state index is 12.5.